The maximum atomic E-state index is 11.9. The SMILES string of the molecule is CC(=O)Nc1ccc(Nc2ncnc(Sc3cccc4cccnc34)c2[N+](=O)[O-])cc1. The summed E-state index contributed by atoms with van der Waals surface area (Å²) in [5, 5.41) is 18.6. The Hall–Kier alpha value is -4.05. The van der Waals surface area contributed by atoms with Crippen molar-refractivity contribution in [3.05, 3.63) is 77.2 Å². The van der Waals surface area contributed by atoms with Crippen LogP contribution in [0.3, 0.4) is 0 Å². The summed E-state index contributed by atoms with van der Waals surface area (Å²) in [7, 11) is 0. The molecule has 0 bridgehead atoms. The van der Waals surface area contributed by atoms with Crippen LogP contribution in [0.5, 0.6) is 0 Å². The van der Waals surface area contributed by atoms with Crippen LogP contribution >= 0.6 is 11.8 Å². The first-order valence-electron chi connectivity index (χ1n) is 9.17. The third-order valence-corrected chi connectivity index (χ3v) is 5.28. The maximum absolute atomic E-state index is 11.9. The molecule has 0 unspecified atom stereocenters. The molecule has 0 saturated heterocycles. The summed E-state index contributed by atoms with van der Waals surface area (Å²) < 4.78 is 0. The van der Waals surface area contributed by atoms with Gasteiger partial charge in [0.05, 0.1) is 10.4 Å². The number of benzene rings is 2. The number of nitrogens with zero attached hydrogens (tertiary/aromatic N) is 4. The van der Waals surface area contributed by atoms with Crippen molar-refractivity contribution in [1.82, 2.24) is 15.0 Å². The number of carbonyl (C=O) groups excluding carboxylic acids is 1. The molecule has 4 aromatic rings. The summed E-state index contributed by atoms with van der Waals surface area (Å²) >= 11 is 1.16. The average molecular weight is 432 g/mol. The van der Waals surface area contributed by atoms with Crippen LogP contribution < -0.4 is 10.6 Å². The lowest BCUT2D eigenvalue weighted by Gasteiger charge is -2.10. The molecular weight excluding hydrogens is 416 g/mol. The van der Waals surface area contributed by atoms with Crippen LogP contribution in [-0.2, 0) is 4.79 Å². The minimum Gasteiger partial charge on any atom is -0.334 e. The highest BCUT2D eigenvalue weighted by atomic mass is 32.2. The van der Waals surface area contributed by atoms with Crippen molar-refractivity contribution in [3.8, 4) is 0 Å². The number of rotatable bonds is 6. The van der Waals surface area contributed by atoms with Crippen molar-refractivity contribution in [2.75, 3.05) is 10.6 Å². The summed E-state index contributed by atoms with van der Waals surface area (Å²) in [6.45, 7) is 1.42. The molecule has 2 aromatic heterocycles. The van der Waals surface area contributed by atoms with E-state index in [0.29, 0.717) is 11.4 Å². The van der Waals surface area contributed by atoms with Gasteiger partial charge in [0, 0.05) is 34.8 Å². The summed E-state index contributed by atoms with van der Waals surface area (Å²) in [6.07, 6.45) is 2.96. The summed E-state index contributed by atoms with van der Waals surface area (Å²) in [4.78, 5) is 35.9. The first-order chi connectivity index (χ1) is 15.0. The van der Waals surface area contributed by atoms with Crippen molar-refractivity contribution < 1.29 is 9.72 Å². The van der Waals surface area contributed by atoms with Gasteiger partial charge in [-0.25, -0.2) is 9.97 Å². The highest BCUT2D eigenvalue weighted by molar-refractivity contribution is 7.99. The van der Waals surface area contributed by atoms with Crippen LogP contribution in [0.2, 0.25) is 0 Å². The molecule has 2 heterocycles. The van der Waals surface area contributed by atoms with E-state index >= 15 is 0 Å². The van der Waals surface area contributed by atoms with Gasteiger partial charge in [-0.05, 0) is 36.4 Å². The van der Waals surface area contributed by atoms with Gasteiger partial charge in [0.1, 0.15) is 6.33 Å². The Morgan fingerprint density at radius 3 is 2.48 bits per heavy atom. The number of nitro groups is 1. The normalized spacial score (nSPS) is 10.6. The minimum atomic E-state index is -0.505. The van der Waals surface area contributed by atoms with E-state index in [1.807, 2.05) is 30.3 Å². The summed E-state index contributed by atoms with van der Waals surface area (Å²) in [6, 6.07) is 16.2. The smallest absolute Gasteiger partial charge is 0.334 e. The van der Waals surface area contributed by atoms with Crippen LogP contribution in [0.15, 0.2) is 77.0 Å². The minimum absolute atomic E-state index is 0.0722. The fourth-order valence-corrected chi connectivity index (χ4v) is 3.92. The molecule has 0 aliphatic heterocycles. The molecule has 2 N–H and O–H groups in total. The molecule has 0 aliphatic carbocycles. The number of aromatic nitrogens is 3. The number of hydrogen-bond acceptors (Lipinski definition) is 8. The van der Waals surface area contributed by atoms with Crippen LogP contribution in [0, 0.1) is 10.1 Å². The van der Waals surface area contributed by atoms with E-state index in [0.717, 1.165) is 27.6 Å². The molecule has 0 fully saturated rings. The van der Waals surface area contributed by atoms with Crippen LogP contribution in [0.1, 0.15) is 6.92 Å². The van der Waals surface area contributed by atoms with E-state index in [9.17, 15) is 14.9 Å². The molecule has 0 spiro atoms. The number of hydrogen-bond donors (Lipinski definition) is 2. The van der Waals surface area contributed by atoms with Crippen LogP contribution in [0.25, 0.3) is 10.9 Å². The third kappa shape index (κ3) is 4.59. The molecule has 154 valence electrons. The predicted molar refractivity (Wildman–Crippen MR) is 119 cm³/mol. The highest BCUT2D eigenvalue weighted by Crippen LogP contribution is 2.39. The number of nitrogens with one attached hydrogen (secondary N) is 2. The second kappa shape index (κ2) is 8.76. The van der Waals surface area contributed by atoms with Gasteiger partial charge in [-0.2, -0.15) is 0 Å². The van der Waals surface area contributed by atoms with Crippen LogP contribution in [0.4, 0.5) is 22.9 Å². The summed E-state index contributed by atoms with van der Waals surface area (Å²) in [5.41, 5.74) is 1.71. The largest absolute Gasteiger partial charge is 0.343 e. The standard InChI is InChI=1S/C21H16N6O3S/c1-13(28)25-15-7-9-16(10-8-15)26-20-19(27(29)30)21(24-12-23-20)31-17-6-2-4-14-5-3-11-22-18(14)17/h2-12H,1H3,(H,25,28)(H,23,24,26). The fraction of sp³-hybridized carbons (Fsp3) is 0.0476. The molecule has 0 saturated carbocycles. The highest BCUT2D eigenvalue weighted by Gasteiger charge is 2.24. The molecule has 2 aromatic carbocycles. The molecule has 31 heavy (non-hydrogen) atoms. The van der Waals surface area contributed by atoms with Gasteiger partial charge in [-0.15, -0.1) is 0 Å². The Bertz CT molecular complexity index is 1270. The first kappa shape index (κ1) is 20.2. The number of anilines is 3. The zero-order valence-electron chi connectivity index (χ0n) is 16.3. The Balaban J connectivity index is 1.67. The second-order valence-corrected chi connectivity index (χ2v) is 7.48. The van der Waals surface area contributed by atoms with E-state index in [1.54, 1.807) is 30.5 Å². The van der Waals surface area contributed by atoms with Gasteiger partial charge in [0.15, 0.2) is 5.03 Å². The van der Waals surface area contributed by atoms with Crippen molar-refractivity contribution in [1.29, 1.82) is 0 Å². The van der Waals surface area contributed by atoms with Gasteiger partial charge < -0.3 is 10.6 Å². The topological polar surface area (TPSA) is 123 Å². The molecular formula is C21H16N6O3S. The van der Waals surface area contributed by atoms with E-state index in [-0.39, 0.29) is 22.4 Å². The van der Waals surface area contributed by atoms with Crippen LogP contribution in [-0.4, -0.2) is 25.8 Å². The zero-order valence-corrected chi connectivity index (χ0v) is 17.1. The van der Waals surface area contributed by atoms with Crippen molar-refractivity contribution in [2.45, 2.75) is 16.8 Å². The molecule has 0 radical (unpaired) electrons. The summed E-state index contributed by atoms with van der Waals surface area (Å²) in [5.74, 6) is -0.111. The number of fused-ring (bicyclic) bond motifs is 1. The Morgan fingerprint density at radius 2 is 1.74 bits per heavy atom. The van der Waals surface area contributed by atoms with Gasteiger partial charge >= 0.3 is 5.69 Å². The average Bonchev–Trinajstić information content (AvgIpc) is 2.75. The van der Waals surface area contributed by atoms with Gasteiger partial charge in [-0.1, -0.05) is 30.0 Å². The lowest BCUT2D eigenvalue weighted by molar-refractivity contribution is -0.387. The van der Waals surface area contributed by atoms with Crippen molar-refractivity contribution in [2.24, 2.45) is 0 Å². The van der Waals surface area contributed by atoms with Gasteiger partial charge in [-0.3, -0.25) is 19.9 Å². The molecule has 10 heteroatoms. The van der Waals surface area contributed by atoms with E-state index < -0.39 is 4.92 Å². The quantitative estimate of drug-likeness (QED) is 0.253. The number of carbonyl (C=O) groups is 1. The Kier molecular flexibility index (Phi) is 5.72. The van der Waals surface area contributed by atoms with E-state index in [1.165, 1.54) is 13.3 Å². The molecule has 1 amide bonds. The Morgan fingerprint density at radius 1 is 1.00 bits per heavy atom. The Labute approximate surface area is 181 Å². The number of pyridine rings is 1. The van der Waals surface area contributed by atoms with E-state index in [2.05, 4.69) is 25.6 Å². The third-order valence-electron chi connectivity index (χ3n) is 4.24. The number of para-hydroxylation sites is 1. The lowest BCUT2D eigenvalue weighted by Crippen LogP contribution is -2.06. The fourth-order valence-electron chi connectivity index (χ4n) is 2.93. The molecule has 0 aliphatic rings. The second-order valence-electron chi connectivity index (χ2n) is 6.45. The molecule has 9 nitrogen and oxygen atoms in total. The molecule has 0 atom stereocenters. The van der Waals surface area contributed by atoms with Gasteiger partial charge in [0.25, 0.3) is 0 Å². The van der Waals surface area contributed by atoms with Gasteiger partial charge in [0.2, 0.25) is 11.7 Å². The lowest BCUT2D eigenvalue weighted by atomic mass is 10.2. The molecule has 4 rings (SSSR count). The monoisotopic (exact) mass is 432 g/mol. The number of amides is 1. The maximum Gasteiger partial charge on any atom is 0.343 e. The van der Waals surface area contributed by atoms with E-state index in [4.69, 9.17) is 0 Å². The van der Waals surface area contributed by atoms with Crippen molar-refractivity contribution in [3.63, 3.8) is 0 Å². The van der Waals surface area contributed by atoms with Crippen molar-refractivity contribution >= 4 is 51.5 Å². The zero-order chi connectivity index (χ0) is 21.8. The first-order valence-corrected chi connectivity index (χ1v) is 9.98. The predicted octanol–water partition coefficient (Wildman–Crippen LogP) is 4.79.